The third kappa shape index (κ3) is 4.34. The quantitative estimate of drug-likeness (QED) is 0.817. The molecule has 6 nitrogen and oxygen atoms in total. The van der Waals surface area contributed by atoms with Gasteiger partial charge in [-0.2, -0.15) is 0 Å². The number of benzene rings is 2. The summed E-state index contributed by atoms with van der Waals surface area (Å²) in [6.45, 7) is 4.15. The first-order chi connectivity index (χ1) is 11.1. The Kier molecular flexibility index (Phi) is 5.32. The highest BCUT2D eigenvalue weighted by molar-refractivity contribution is 7.92. The molecule has 2 aromatic rings. The topological polar surface area (TPSA) is 106 Å². The van der Waals surface area contributed by atoms with E-state index in [1.165, 1.54) is 24.3 Å². The molecule has 0 saturated carbocycles. The lowest BCUT2D eigenvalue weighted by Crippen LogP contribution is -2.14. The molecule has 0 aromatic heterocycles. The average Bonchev–Trinajstić information content (AvgIpc) is 2.53. The third-order valence-electron chi connectivity index (χ3n) is 3.81. The number of hydrogen-bond acceptors (Lipinski definition) is 4. The van der Waals surface area contributed by atoms with Crippen molar-refractivity contribution in [1.29, 1.82) is 0 Å². The zero-order chi connectivity index (χ0) is 18.0. The minimum atomic E-state index is -3.81. The second kappa shape index (κ2) is 6.92. The van der Waals surface area contributed by atoms with E-state index in [0.29, 0.717) is 5.92 Å². The minimum Gasteiger partial charge on any atom is -0.280 e. The van der Waals surface area contributed by atoms with Crippen LogP contribution in [0.5, 0.6) is 0 Å². The van der Waals surface area contributed by atoms with Gasteiger partial charge in [0.05, 0.1) is 9.79 Å². The van der Waals surface area contributed by atoms with Crippen molar-refractivity contribution in [3.8, 4) is 0 Å². The number of anilines is 1. The molecule has 0 bridgehead atoms. The minimum absolute atomic E-state index is 0.0802. The van der Waals surface area contributed by atoms with Crippen LogP contribution in [-0.4, -0.2) is 16.8 Å². The number of nitrogens with one attached hydrogen (secondary N) is 1. The molecule has 130 valence electrons. The van der Waals surface area contributed by atoms with Crippen molar-refractivity contribution in [3.63, 3.8) is 0 Å². The SMILES string of the molecule is CCC(C)c1ccc(S(=O)(=O)Nc2ccc(S(N)(=O)=O)cc2)cc1. The Morgan fingerprint density at radius 3 is 1.88 bits per heavy atom. The fourth-order valence-corrected chi connectivity index (χ4v) is 3.71. The van der Waals surface area contributed by atoms with Crippen LogP contribution >= 0.6 is 0 Å². The molecule has 3 N–H and O–H groups in total. The summed E-state index contributed by atoms with van der Waals surface area (Å²) in [5.74, 6) is 0.362. The molecule has 8 heteroatoms. The van der Waals surface area contributed by atoms with Crippen molar-refractivity contribution < 1.29 is 16.8 Å². The smallest absolute Gasteiger partial charge is 0.261 e. The number of sulfonamides is 2. The highest BCUT2D eigenvalue weighted by Gasteiger charge is 2.15. The maximum absolute atomic E-state index is 12.4. The van der Waals surface area contributed by atoms with Gasteiger partial charge in [-0.25, -0.2) is 22.0 Å². The van der Waals surface area contributed by atoms with E-state index < -0.39 is 20.0 Å². The highest BCUT2D eigenvalue weighted by Crippen LogP contribution is 2.22. The van der Waals surface area contributed by atoms with Gasteiger partial charge in [-0.15, -0.1) is 0 Å². The third-order valence-corrected chi connectivity index (χ3v) is 6.13. The van der Waals surface area contributed by atoms with Crippen LogP contribution in [0.1, 0.15) is 31.7 Å². The Balaban J connectivity index is 2.22. The van der Waals surface area contributed by atoms with Gasteiger partial charge in [0.1, 0.15) is 0 Å². The van der Waals surface area contributed by atoms with E-state index in [-0.39, 0.29) is 15.5 Å². The lowest BCUT2D eigenvalue weighted by molar-refractivity contribution is 0.597. The predicted octanol–water partition coefficient (Wildman–Crippen LogP) is 2.65. The molecule has 0 saturated heterocycles. The van der Waals surface area contributed by atoms with Crippen LogP contribution in [0.3, 0.4) is 0 Å². The second-order valence-electron chi connectivity index (χ2n) is 5.55. The summed E-state index contributed by atoms with van der Waals surface area (Å²) < 4.78 is 49.6. The van der Waals surface area contributed by atoms with E-state index in [0.717, 1.165) is 12.0 Å². The van der Waals surface area contributed by atoms with Gasteiger partial charge < -0.3 is 0 Å². The van der Waals surface area contributed by atoms with Gasteiger partial charge in [0.2, 0.25) is 10.0 Å². The Hall–Kier alpha value is -1.90. The number of hydrogen-bond donors (Lipinski definition) is 2. The molecule has 0 aliphatic heterocycles. The molecule has 0 amide bonds. The molecule has 0 spiro atoms. The first-order valence-corrected chi connectivity index (χ1v) is 10.4. The standard InChI is InChI=1S/C16H20N2O4S2/c1-3-12(2)13-4-8-16(9-5-13)24(21,22)18-14-6-10-15(11-7-14)23(17,19)20/h4-12,18H,3H2,1-2H3,(H2,17,19,20). The van der Waals surface area contributed by atoms with Crippen LogP contribution in [-0.2, 0) is 20.0 Å². The van der Waals surface area contributed by atoms with Gasteiger partial charge in [0.25, 0.3) is 10.0 Å². The number of rotatable bonds is 6. The van der Waals surface area contributed by atoms with Crippen molar-refractivity contribution in [1.82, 2.24) is 0 Å². The monoisotopic (exact) mass is 368 g/mol. The van der Waals surface area contributed by atoms with Crippen LogP contribution in [0.15, 0.2) is 58.3 Å². The molecule has 0 aliphatic rings. The summed E-state index contributed by atoms with van der Waals surface area (Å²) in [5.41, 5.74) is 1.34. The van der Waals surface area contributed by atoms with Gasteiger partial charge in [0, 0.05) is 5.69 Å². The first kappa shape index (κ1) is 18.4. The number of nitrogens with two attached hydrogens (primary N) is 1. The molecule has 1 unspecified atom stereocenters. The average molecular weight is 368 g/mol. The van der Waals surface area contributed by atoms with Crippen molar-refractivity contribution in [3.05, 3.63) is 54.1 Å². The van der Waals surface area contributed by atoms with E-state index in [1.54, 1.807) is 24.3 Å². The van der Waals surface area contributed by atoms with E-state index in [2.05, 4.69) is 18.6 Å². The molecule has 0 fully saturated rings. The molecule has 0 radical (unpaired) electrons. The normalized spacial score (nSPS) is 13.5. The molecular formula is C16H20N2O4S2. The van der Waals surface area contributed by atoms with Crippen LogP contribution < -0.4 is 9.86 Å². The summed E-state index contributed by atoms with van der Waals surface area (Å²) in [6.07, 6.45) is 0.973. The molecule has 1 atom stereocenters. The summed E-state index contributed by atoms with van der Waals surface area (Å²) in [6, 6.07) is 11.9. The summed E-state index contributed by atoms with van der Waals surface area (Å²) in [5, 5.41) is 5.01. The fourth-order valence-electron chi connectivity index (χ4n) is 2.14. The largest absolute Gasteiger partial charge is 0.280 e. The molecule has 2 aromatic carbocycles. The summed E-state index contributed by atoms with van der Waals surface area (Å²) in [4.78, 5) is 0.0634. The maximum atomic E-state index is 12.4. The van der Waals surface area contributed by atoms with Crippen molar-refractivity contribution in [2.75, 3.05) is 4.72 Å². The first-order valence-electron chi connectivity index (χ1n) is 7.39. The predicted molar refractivity (Wildman–Crippen MR) is 93.8 cm³/mol. The summed E-state index contributed by atoms with van der Waals surface area (Å²) in [7, 11) is -7.55. The zero-order valence-corrected chi connectivity index (χ0v) is 15.1. The second-order valence-corrected chi connectivity index (χ2v) is 8.80. The van der Waals surface area contributed by atoms with E-state index >= 15 is 0 Å². The molecule has 0 aliphatic carbocycles. The Labute approximate surface area is 142 Å². The zero-order valence-electron chi connectivity index (χ0n) is 13.4. The van der Waals surface area contributed by atoms with Crippen LogP contribution in [0.4, 0.5) is 5.69 Å². The Morgan fingerprint density at radius 2 is 1.42 bits per heavy atom. The van der Waals surface area contributed by atoms with Gasteiger partial charge in [-0.05, 0) is 54.3 Å². The van der Waals surface area contributed by atoms with Crippen molar-refractivity contribution in [2.24, 2.45) is 5.14 Å². The van der Waals surface area contributed by atoms with E-state index in [9.17, 15) is 16.8 Å². The van der Waals surface area contributed by atoms with Crippen molar-refractivity contribution >= 4 is 25.7 Å². The fraction of sp³-hybridized carbons (Fsp3) is 0.250. The lowest BCUT2D eigenvalue weighted by atomic mass is 9.99. The molecule has 24 heavy (non-hydrogen) atoms. The maximum Gasteiger partial charge on any atom is 0.261 e. The van der Waals surface area contributed by atoms with E-state index in [4.69, 9.17) is 5.14 Å². The summed E-state index contributed by atoms with van der Waals surface area (Å²) >= 11 is 0. The Morgan fingerprint density at radius 1 is 0.917 bits per heavy atom. The highest BCUT2D eigenvalue weighted by atomic mass is 32.2. The van der Waals surface area contributed by atoms with E-state index in [1.807, 2.05) is 0 Å². The van der Waals surface area contributed by atoms with Gasteiger partial charge in [-0.3, -0.25) is 4.72 Å². The van der Waals surface area contributed by atoms with Crippen molar-refractivity contribution in [2.45, 2.75) is 36.0 Å². The van der Waals surface area contributed by atoms with Crippen LogP contribution in [0, 0.1) is 0 Å². The Bertz CT molecular complexity index is 904. The molecule has 0 heterocycles. The van der Waals surface area contributed by atoms with Crippen LogP contribution in [0.2, 0.25) is 0 Å². The van der Waals surface area contributed by atoms with Gasteiger partial charge in [0.15, 0.2) is 0 Å². The van der Waals surface area contributed by atoms with Crippen LogP contribution in [0.25, 0.3) is 0 Å². The lowest BCUT2D eigenvalue weighted by Gasteiger charge is -2.11. The molecular weight excluding hydrogens is 348 g/mol. The number of primary sulfonamides is 1. The van der Waals surface area contributed by atoms with Gasteiger partial charge in [-0.1, -0.05) is 26.0 Å². The van der Waals surface area contributed by atoms with Gasteiger partial charge >= 0.3 is 0 Å². The molecule has 2 rings (SSSR count).